The van der Waals surface area contributed by atoms with Gasteiger partial charge >= 0.3 is 0 Å². The topological polar surface area (TPSA) is 68.0 Å². The van der Waals surface area contributed by atoms with Gasteiger partial charge < -0.3 is 11.1 Å². The maximum absolute atomic E-state index is 10.9. The molecule has 1 aliphatic carbocycles. The number of primary amides is 1. The third kappa shape index (κ3) is 2.81. The highest BCUT2D eigenvalue weighted by Gasteiger charge is 2.28. The van der Waals surface area contributed by atoms with E-state index in [4.69, 9.17) is 10.7 Å². The maximum atomic E-state index is 10.9. The van der Waals surface area contributed by atoms with Gasteiger partial charge in [-0.1, -0.05) is 6.92 Å². The number of carbonyl (C=O) groups is 1. The van der Waals surface area contributed by atoms with Gasteiger partial charge in [-0.3, -0.25) is 9.78 Å². The molecule has 18 heavy (non-hydrogen) atoms. The van der Waals surface area contributed by atoms with E-state index in [1.165, 1.54) is 24.1 Å². The van der Waals surface area contributed by atoms with Crippen molar-refractivity contribution in [2.45, 2.75) is 44.9 Å². The summed E-state index contributed by atoms with van der Waals surface area (Å²) in [5.74, 6) is 0.357. The van der Waals surface area contributed by atoms with E-state index >= 15 is 0 Å². The molecule has 0 aliphatic heterocycles. The van der Waals surface area contributed by atoms with Gasteiger partial charge in [-0.25, -0.2) is 0 Å². The van der Waals surface area contributed by atoms with E-state index in [2.05, 4.69) is 12.2 Å². The molecule has 0 radical (unpaired) electrons. The highest BCUT2D eigenvalue weighted by molar-refractivity contribution is 5.74. The van der Waals surface area contributed by atoms with Crippen molar-refractivity contribution < 1.29 is 4.79 Å². The zero-order valence-corrected chi connectivity index (χ0v) is 11.1. The van der Waals surface area contributed by atoms with Crippen molar-refractivity contribution in [1.29, 1.82) is 0 Å². The van der Waals surface area contributed by atoms with Crippen molar-refractivity contribution >= 4 is 11.6 Å². The third-order valence-corrected chi connectivity index (χ3v) is 3.42. The summed E-state index contributed by atoms with van der Waals surface area (Å²) in [7, 11) is 1.93. The highest BCUT2D eigenvalue weighted by atomic mass is 16.1. The minimum absolute atomic E-state index is 0.268. The molecule has 0 saturated heterocycles. The fraction of sp³-hybridized carbons (Fsp3) is 0.571. The van der Waals surface area contributed by atoms with Crippen molar-refractivity contribution in [3.8, 4) is 0 Å². The van der Waals surface area contributed by atoms with Crippen LogP contribution in [0.4, 0.5) is 5.69 Å². The molecule has 1 amide bonds. The van der Waals surface area contributed by atoms with Crippen LogP contribution in [0.15, 0.2) is 6.07 Å². The van der Waals surface area contributed by atoms with Crippen molar-refractivity contribution in [2.24, 2.45) is 5.73 Å². The summed E-state index contributed by atoms with van der Waals surface area (Å²) in [6.07, 6.45) is 4.47. The van der Waals surface area contributed by atoms with E-state index in [0.29, 0.717) is 18.8 Å². The number of hydrogen-bond acceptors (Lipinski definition) is 3. The Kier molecular flexibility index (Phi) is 3.84. The van der Waals surface area contributed by atoms with E-state index in [9.17, 15) is 4.79 Å². The van der Waals surface area contributed by atoms with Gasteiger partial charge in [0.15, 0.2) is 0 Å². The largest absolute Gasteiger partial charge is 0.388 e. The minimum Gasteiger partial charge on any atom is -0.388 e. The number of aryl methyl sites for hydroxylation is 1. The Hall–Kier alpha value is -1.58. The van der Waals surface area contributed by atoms with Crippen LogP contribution in [0.25, 0.3) is 0 Å². The molecular formula is C14H21N3O. The molecule has 0 spiro atoms. The fourth-order valence-corrected chi connectivity index (χ4v) is 2.31. The molecule has 3 N–H and O–H groups in total. The Labute approximate surface area is 108 Å². The first-order valence-electron chi connectivity index (χ1n) is 6.64. The molecule has 1 saturated carbocycles. The summed E-state index contributed by atoms with van der Waals surface area (Å²) in [6, 6.07) is 2.05. The van der Waals surface area contributed by atoms with Crippen molar-refractivity contribution in [2.75, 3.05) is 12.4 Å². The lowest BCUT2D eigenvalue weighted by Crippen LogP contribution is -2.12. The van der Waals surface area contributed by atoms with E-state index < -0.39 is 0 Å². The molecule has 0 atom stereocenters. The second-order valence-corrected chi connectivity index (χ2v) is 4.87. The molecule has 0 aromatic carbocycles. The van der Waals surface area contributed by atoms with Crippen LogP contribution in [0.2, 0.25) is 0 Å². The number of nitrogens with zero attached hydrogens (tertiary/aromatic N) is 1. The average molecular weight is 247 g/mol. The van der Waals surface area contributed by atoms with Gasteiger partial charge in [0, 0.05) is 36.5 Å². The Morgan fingerprint density at radius 1 is 1.56 bits per heavy atom. The quantitative estimate of drug-likeness (QED) is 0.807. The predicted molar refractivity (Wildman–Crippen MR) is 72.7 cm³/mol. The summed E-state index contributed by atoms with van der Waals surface area (Å²) in [4.78, 5) is 15.6. The Morgan fingerprint density at radius 2 is 2.28 bits per heavy atom. The molecule has 1 aliphatic rings. The van der Waals surface area contributed by atoms with Crippen molar-refractivity contribution in [3.05, 3.63) is 23.0 Å². The second kappa shape index (κ2) is 5.38. The number of anilines is 1. The summed E-state index contributed by atoms with van der Waals surface area (Å²) in [6.45, 7) is 2.16. The Balaban J connectivity index is 2.30. The van der Waals surface area contributed by atoms with E-state index in [0.717, 1.165) is 17.8 Å². The summed E-state index contributed by atoms with van der Waals surface area (Å²) in [5.41, 5.74) is 9.86. The predicted octanol–water partition coefficient (Wildman–Crippen LogP) is 1.98. The van der Waals surface area contributed by atoms with Gasteiger partial charge in [0.2, 0.25) is 5.91 Å². The number of amides is 1. The van der Waals surface area contributed by atoms with Crippen LogP contribution in [0, 0.1) is 0 Å². The number of rotatable bonds is 6. The molecule has 0 unspecified atom stereocenters. The maximum Gasteiger partial charge on any atom is 0.217 e. The number of hydrogen-bond donors (Lipinski definition) is 2. The number of carbonyl (C=O) groups excluding carboxylic acids is 1. The molecule has 4 nitrogen and oxygen atoms in total. The van der Waals surface area contributed by atoms with Gasteiger partial charge in [-0.2, -0.15) is 0 Å². The van der Waals surface area contributed by atoms with Gasteiger partial charge in [0.25, 0.3) is 0 Å². The van der Waals surface area contributed by atoms with Crippen LogP contribution >= 0.6 is 0 Å². The van der Waals surface area contributed by atoms with Crippen LogP contribution in [0.1, 0.15) is 49.1 Å². The zero-order chi connectivity index (χ0) is 13.1. The van der Waals surface area contributed by atoms with Crippen LogP contribution in [-0.4, -0.2) is 17.9 Å². The second-order valence-electron chi connectivity index (χ2n) is 4.87. The molecule has 4 heteroatoms. The lowest BCUT2D eigenvalue weighted by molar-refractivity contribution is -0.118. The molecule has 98 valence electrons. The number of aromatic nitrogens is 1. The van der Waals surface area contributed by atoms with Gasteiger partial charge in [-0.15, -0.1) is 0 Å². The molecule has 1 aromatic rings. The Morgan fingerprint density at radius 3 is 2.78 bits per heavy atom. The van der Waals surface area contributed by atoms with Crippen LogP contribution < -0.4 is 11.1 Å². The number of pyridine rings is 1. The van der Waals surface area contributed by atoms with E-state index in [1.807, 2.05) is 13.1 Å². The number of nitrogens with one attached hydrogen (secondary N) is 1. The van der Waals surface area contributed by atoms with Crippen LogP contribution in [0.5, 0.6) is 0 Å². The molecule has 1 aromatic heterocycles. The smallest absolute Gasteiger partial charge is 0.217 e. The standard InChI is InChI=1S/C14H21N3O/c1-3-11-12(16-2)8-10(6-7-13(15)18)17-14(11)9-4-5-9/h8-9H,3-7H2,1-2H3,(H2,15,18)(H,16,17). The average Bonchev–Trinajstić information content (AvgIpc) is 3.19. The fourth-order valence-electron chi connectivity index (χ4n) is 2.31. The van der Waals surface area contributed by atoms with Gasteiger partial charge in [0.05, 0.1) is 0 Å². The van der Waals surface area contributed by atoms with E-state index in [-0.39, 0.29) is 5.91 Å². The normalized spacial score (nSPS) is 14.6. The Bertz CT molecular complexity index is 453. The first kappa shape index (κ1) is 12.9. The monoisotopic (exact) mass is 247 g/mol. The summed E-state index contributed by atoms with van der Waals surface area (Å²) in [5, 5.41) is 3.24. The van der Waals surface area contributed by atoms with Gasteiger partial charge in [-0.05, 0) is 37.3 Å². The van der Waals surface area contributed by atoms with Crippen LogP contribution in [0.3, 0.4) is 0 Å². The molecule has 0 bridgehead atoms. The first-order valence-corrected chi connectivity index (χ1v) is 6.64. The third-order valence-electron chi connectivity index (χ3n) is 3.42. The lowest BCUT2D eigenvalue weighted by Gasteiger charge is -2.14. The molecule has 1 fully saturated rings. The number of nitrogens with two attached hydrogens (primary N) is 1. The van der Waals surface area contributed by atoms with Crippen molar-refractivity contribution in [1.82, 2.24) is 4.98 Å². The first-order chi connectivity index (χ1) is 8.65. The van der Waals surface area contributed by atoms with Crippen molar-refractivity contribution in [3.63, 3.8) is 0 Å². The minimum atomic E-state index is -0.268. The molecule has 1 heterocycles. The van der Waals surface area contributed by atoms with E-state index in [1.54, 1.807) is 0 Å². The zero-order valence-electron chi connectivity index (χ0n) is 11.1. The lowest BCUT2D eigenvalue weighted by atomic mass is 10.0. The summed E-state index contributed by atoms with van der Waals surface area (Å²) < 4.78 is 0. The molecular weight excluding hydrogens is 226 g/mol. The summed E-state index contributed by atoms with van der Waals surface area (Å²) >= 11 is 0. The highest BCUT2D eigenvalue weighted by Crippen LogP contribution is 2.42. The van der Waals surface area contributed by atoms with Gasteiger partial charge in [0.1, 0.15) is 0 Å². The SMILES string of the molecule is CCc1c(NC)cc(CCC(N)=O)nc1C1CC1. The molecule has 2 rings (SSSR count). The van der Waals surface area contributed by atoms with Crippen LogP contribution in [-0.2, 0) is 17.6 Å².